The first-order valence-corrected chi connectivity index (χ1v) is 10.8. The number of hydrogen-bond donors (Lipinski definition) is 1. The quantitative estimate of drug-likeness (QED) is 0.266. The van der Waals surface area contributed by atoms with E-state index in [2.05, 4.69) is 5.43 Å². The highest BCUT2D eigenvalue weighted by molar-refractivity contribution is 8.26. The van der Waals surface area contributed by atoms with E-state index in [9.17, 15) is 24.5 Å². The third-order valence-electron chi connectivity index (χ3n) is 4.66. The molecule has 2 amide bonds. The van der Waals surface area contributed by atoms with E-state index in [4.69, 9.17) is 12.2 Å². The maximum absolute atomic E-state index is 12.8. The summed E-state index contributed by atoms with van der Waals surface area (Å²) in [4.78, 5) is 48.8. The molecule has 0 unspecified atom stereocenters. The average molecular weight is 476 g/mol. The van der Waals surface area contributed by atoms with E-state index >= 15 is 0 Å². The number of benzene rings is 1. The third-order valence-corrected chi connectivity index (χ3v) is 6.83. The van der Waals surface area contributed by atoms with Crippen LogP contribution in [0.15, 0.2) is 39.3 Å². The molecule has 3 aromatic rings. The first-order valence-electron chi connectivity index (χ1n) is 8.65. The Balaban J connectivity index is 1.73. The van der Waals surface area contributed by atoms with Gasteiger partial charge in [-0.2, -0.15) is 5.01 Å². The minimum absolute atomic E-state index is 0.0944. The number of nitro benzene ring substituents is 1. The topological polar surface area (TPSA) is 119 Å². The van der Waals surface area contributed by atoms with E-state index in [1.165, 1.54) is 45.7 Å². The second-order valence-electron chi connectivity index (χ2n) is 6.49. The summed E-state index contributed by atoms with van der Waals surface area (Å²) in [5.41, 5.74) is 2.88. The molecule has 31 heavy (non-hydrogen) atoms. The highest BCUT2D eigenvalue weighted by Crippen LogP contribution is 2.34. The zero-order valence-electron chi connectivity index (χ0n) is 16.0. The minimum Gasteiger partial charge on any atom is -0.295 e. The number of aromatic nitrogens is 2. The lowest BCUT2D eigenvalue weighted by atomic mass is 10.1. The van der Waals surface area contributed by atoms with Gasteiger partial charge in [0.1, 0.15) is 0 Å². The molecule has 1 aromatic carbocycles. The highest BCUT2D eigenvalue weighted by Gasteiger charge is 2.34. The maximum Gasteiger partial charge on any atom is 0.328 e. The molecule has 4 rings (SSSR count). The van der Waals surface area contributed by atoms with Crippen LogP contribution in [0.25, 0.3) is 17.1 Å². The summed E-state index contributed by atoms with van der Waals surface area (Å²) in [5, 5.41) is 14.3. The first kappa shape index (κ1) is 21.0. The van der Waals surface area contributed by atoms with E-state index in [-0.39, 0.29) is 26.2 Å². The van der Waals surface area contributed by atoms with Gasteiger partial charge in [-0.25, -0.2) is 4.79 Å². The molecule has 0 radical (unpaired) electrons. The predicted molar refractivity (Wildman–Crippen MR) is 122 cm³/mol. The lowest BCUT2D eigenvalue weighted by Gasteiger charge is -2.14. The normalized spacial score (nSPS) is 15.3. The highest BCUT2D eigenvalue weighted by atomic mass is 32.2. The van der Waals surface area contributed by atoms with Crippen LogP contribution in [0.5, 0.6) is 0 Å². The Hall–Kier alpha value is -3.29. The summed E-state index contributed by atoms with van der Waals surface area (Å²) in [6.45, 7) is 0. The summed E-state index contributed by atoms with van der Waals surface area (Å²) in [6, 6.07) is 6.08. The number of hydrazine groups is 1. The molecule has 0 saturated carbocycles. The summed E-state index contributed by atoms with van der Waals surface area (Å²) in [6.07, 6.45) is 1.34. The van der Waals surface area contributed by atoms with Crippen LogP contribution in [0.2, 0.25) is 0 Å². The van der Waals surface area contributed by atoms with E-state index in [0.29, 0.717) is 15.9 Å². The molecule has 10 nitrogen and oxygen atoms in total. The van der Waals surface area contributed by atoms with Crippen molar-refractivity contribution in [3.8, 4) is 0 Å². The fourth-order valence-electron chi connectivity index (χ4n) is 3.09. The zero-order valence-corrected chi connectivity index (χ0v) is 18.5. The zero-order chi connectivity index (χ0) is 22.4. The van der Waals surface area contributed by atoms with Crippen molar-refractivity contribution in [3.05, 3.63) is 65.6 Å². The Kier molecular flexibility index (Phi) is 5.24. The fourth-order valence-corrected chi connectivity index (χ4v) is 4.88. The number of carbonyl (C=O) groups excluding carboxylic acids is 2. The Labute approximate surface area is 187 Å². The van der Waals surface area contributed by atoms with E-state index in [1.807, 2.05) is 0 Å². The van der Waals surface area contributed by atoms with Gasteiger partial charge in [-0.05, 0) is 35.8 Å². The molecular formula is C18H13N5O5S3. The molecule has 2 aromatic heterocycles. The molecular weight excluding hydrogens is 462 g/mol. The molecule has 0 aliphatic carbocycles. The smallest absolute Gasteiger partial charge is 0.295 e. The van der Waals surface area contributed by atoms with Crippen LogP contribution in [-0.2, 0) is 18.9 Å². The number of imidazole rings is 1. The number of carbonyl (C=O) groups is 2. The molecule has 1 fully saturated rings. The maximum atomic E-state index is 12.8. The number of fused-ring (bicyclic) bond motifs is 1. The fraction of sp³-hybridized carbons (Fsp3) is 0.111. The standard InChI is InChI=1S/C18H13N5O5S3/c1-20-11-6-9(10(23(27)28)8-12(11)21(2)17(20)26)7-14-16(25)22(18(29)31-14)19-15(24)13-4-3-5-30-13/h3-8H,1-2H3,(H,19,24)/b14-7-. The van der Waals surface area contributed by atoms with E-state index in [1.54, 1.807) is 24.6 Å². The second kappa shape index (κ2) is 7.76. The van der Waals surface area contributed by atoms with Gasteiger partial charge in [-0.3, -0.25) is 34.3 Å². The van der Waals surface area contributed by atoms with Gasteiger partial charge in [-0.1, -0.05) is 17.8 Å². The number of thioether (sulfide) groups is 1. The molecule has 1 saturated heterocycles. The number of nitrogens with one attached hydrogen (secondary N) is 1. The Morgan fingerprint density at radius 3 is 2.52 bits per heavy atom. The minimum atomic E-state index is -0.601. The second-order valence-corrected chi connectivity index (χ2v) is 9.12. The van der Waals surface area contributed by atoms with Gasteiger partial charge < -0.3 is 0 Å². The van der Waals surface area contributed by atoms with Crippen molar-refractivity contribution >= 4 is 74.2 Å². The summed E-state index contributed by atoms with van der Waals surface area (Å²) < 4.78 is 2.77. The van der Waals surface area contributed by atoms with Crippen LogP contribution in [0, 0.1) is 10.1 Å². The number of aryl methyl sites for hydroxylation is 2. The first-order chi connectivity index (χ1) is 14.7. The third kappa shape index (κ3) is 3.56. The van der Waals surface area contributed by atoms with Crippen molar-refractivity contribution in [3.63, 3.8) is 0 Å². The molecule has 0 bridgehead atoms. The Bertz CT molecular complexity index is 1370. The summed E-state index contributed by atoms with van der Waals surface area (Å²) >= 11 is 7.32. The van der Waals surface area contributed by atoms with Crippen molar-refractivity contribution in [1.82, 2.24) is 19.6 Å². The Morgan fingerprint density at radius 1 is 1.23 bits per heavy atom. The van der Waals surface area contributed by atoms with Gasteiger partial charge in [0, 0.05) is 20.2 Å². The SMILES string of the molecule is Cn1c(=O)n(C)c2cc([N+](=O)[O-])c(/C=C3\SC(=S)N(NC(=O)c4cccs4)C3=O)cc21. The number of amides is 2. The molecule has 1 aliphatic rings. The van der Waals surface area contributed by atoms with E-state index < -0.39 is 16.7 Å². The van der Waals surface area contributed by atoms with Crippen molar-refractivity contribution in [2.45, 2.75) is 0 Å². The lowest BCUT2D eigenvalue weighted by molar-refractivity contribution is -0.385. The van der Waals surface area contributed by atoms with Crippen LogP contribution in [0.3, 0.4) is 0 Å². The number of nitrogens with zero attached hydrogens (tertiary/aromatic N) is 4. The van der Waals surface area contributed by atoms with Crippen LogP contribution >= 0.6 is 35.3 Å². The van der Waals surface area contributed by atoms with Crippen LogP contribution in [0.4, 0.5) is 5.69 Å². The number of thiocarbonyl (C=S) groups is 1. The van der Waals surface area contributed by atoms with Gasteiger partial charge in [0.25, 0.3) is 17.5 Å². The van der Waals surface area contributed by atoms with Gasteiger partial charge in [0.05, 0.1) is 31.3 Å². The van der Waals surface area contributed by atoms with Crippen LogP contribution in [0.1, 0.15) is 15.2 Å². The van der Waals surface area contributed by atoms with Crippen LogP contribution < -0.4 is 11.1 Å². The lowest BCUT2D eigenvalue weighted by Crippen LogP contribution is -2.44. The summed E-state index contributed by atoms with van der Waals surface area (Å²) in [5.74, 6) is -1.09. The number of thiophene rings is 1. The molecule has 158 valence electrons. The molecule has 0 spiro atoms. The van der Waals surface area contributed by atoms with Crippen molar-refractivity contribution in [2.75, 3.05) is 0 Å². The largest absolute Gasteiger partial charge is 0.328 e. The van der Waals surface area contributed by atoms with Crippen molar-refractivity contribution in [1.29, 1.82) is 0 Å². The molecule has 1 aliphatic heterocycles. The van der Waals surface area contributed by atoms with Crippen molar-refractivity contribution in [2.24, 2.45) is 14.1 Å². The molecule has 1 N–H and O–H groups in total. The average Bonchev–Trinajstić information content (AvgIpc) is 3.41. The monoisotopic (exact) mass is 475 g/mol. The van der Waals surface area contributed by atoms with Gasteiger partial charge in [0.15, 0.2) is 4.32 Å². The van der Waals surface area contributed by atoms with Gasteiger partial charge >= 0.3 is 5.69 Å². The molecule has 0 atom stereocenters. The predicted octanol–water partition coefficient (Wildman–Crippen LogP) is 2.39. The van der Waals surface area contributed by atoms with Crippen LogP contribution in [-0.4, -0.2) is 35.2 Å². The molecule has 13 heteroatoms. The molecule has 3 heterocycles. The van der Waals surface area contributed by atoms with E-state index in [0.717, 1.165) is 16.8 Å². The number of rotatable bonds is 4. The Morgan fingerprint density at radius 2 is 1.90 bits per heavy atom. The van der Waals surface area contributed by atoms with Gasteiger partial charge in [0.2, 0.25) is 0 Å². The number of nitro groups is 1. The van der Waals surface area contributed by atoms with Crippen molar-refractivity contribution < 1.29 is 14.5 Å². The number of hydrogen-bond acceptors (Lipinski definition) is 8. The summed E-state index contributed by atoms with van der Waals surface area (Å²) in [7, 11) is 3.08. The van der Waals surface area contributed by atoms with Gasteiger partial charge in [-0.15, -0.1) is 11.3 Å².